The smallest absolute Gasteiger partial charge is 0.262 e. The van der Waals surface area contributed by atoms with Crippen LogP contribution in [-0.4, -0.2) is 38.8 Å². The molecule has 2 N–H and O–H groups in total. The summed E-state index contributed by atoms with van der Waals surface area (Å²) in [6.07, 6.45) is 0.0961. The summed E-state index contributed by atoms with van der Waals surface area (Å²) < 4.78 is 46.3. The standard InChI is InChI=1S/C25H24FN3O5S/c1-34-23-12-9-20(14-22(23)28-35(32,33)21-10-7-19(26)8-11-21)27-25(31)18-13-24(30)29(16-18)15-17-5-3-2-4-6-17/h2-12,14,18,28H,13,15-16H2,1H3,(H,27,31)/t18-/m1/s1. The molecule has 0 spiro atoms. The third-order valence-electron chi connectivity index (χ3n) is 5.64. The molecule has 3 aromatic carbocycles. The fourth-order valence-corrected chi connectivity index (χ4v) is 4.89. The van der Waals surface area contributed by atoms with Crippen LogP contribution in [-0.2, 0) is 26.2 Å². The van der Waals surface area contributed by atoms with Crippen molar-refractivity contribution in [2.45, 2.75) is 17.9 Å². The van der Waals surface area contributed by atoms with Crippen LogP contribution >= 0.6 is 0 Å². The highest BCUT2D eigenvalue weighted by Crippen LogP contribution is 2.31. The lowest BCUT2D eigenvalue weighted by atomic mass is 10.1. The number of likely N-dealkylation sites (tertiary alicyclic amines) is 1. The van der Waals surface area contributed by atoms with Crippen molar-refractivity contribution in [3.05, 3.63) is 84.2 Å². The van der Waals surface area contributed by atoms with E-state index >= 15 is 0 Å². The van der Waals surface area contributed by atoms with Crippen LogP contribution in [0.3, 0.4) is 0 Å². The Morgan fingerprint density at radius 1 is 1.09 bits per heavy atom. The molecule has 0 saturated carbocycles. The zero-order valence-corrected chi connectivity index (χ0v) is 19.7. The van der Waals surface area contributed by atoms with Crippen molar-refractivity contribution in [3.8, 4) is 5.75 Å². The van der Waals surface area contributed by atoms with Gasteiger partial charge in [-0.05, 0) is 48.0 Å². The topological polar surface area (TPSA) is 105 Å². The first-order valence-electron chi connectivity index (χ1n) is 10.8. The summed E-state index contributed by atoms with van der Waals surface area (Å²) in [7, 11) is -2.64. The van der Waals surface area contributed by atoms with Gasteiger partial charge in [0.25, 0.3) is 10.0 Å². The van der Waals surface area contributed by atoms with E-state index in [-0.39, 0.29) is 34.6 Å². The van der Waals surface area contributed by atoms with Crippen LogP contribution in [0.25, 0.3) is 0 Å². The molecule has 1 fully saturated rings. The van der Waals surface area contributed by atoms with Crippen molar-refractivity contribution in [2.75, 3.05) is 23.7 Å². The molecule has 35 heavy (non-hydrogen) atoms. The van der Waals surface area contributed by atoms with Crippen molar-refractivity contribution in [2.24, 2.45) is 5.92 Å². The van der Waals surface area contributed by atoms with Gasteiger partial charge < -0.3 is 15.0 Å². The number of hydrogen-bond acceptors (Lipinski definition) is 5. The van der Waals surface area contributed by atoms with Gasteiger partial charge in [0, 0.05) is 25.2 Å². The molecule has 0 aliphatic carbocycles. The molecule has 0 aromatic heterocycles. The van der Waals surface area contributed by atoms with Gasteiger partial charge in [-0.1, -0.05) is 30.3 Å². The highest BCUT2D eigenvalue weighted by molar-refractivity contribution is 7.92. The van der Waals surface area contributed by atoms with Crippen LogP contribution in [0.4, 0.5) is 15.8 Å². The number of hydrogen-bond donors (Lipinski definition) is 2. The number of carbonyl (C=O) groups excluding carboxylic acids is 2. The fraction of sp³-hybridized carbons (Fsp3) is 0.200. The minimum Gasteiger partial charge on any atom is -0.495 e. The Labute approximate surface area is 202 Å². The van der Waals surface area contributed by atoms with E-state index in [1.165, 1.54) is 19.2 Å². The maximum Gasteiger partial charge on any atom is 0.262 e. The average Bonchev–Trinajstić information content (AvgIpc) is 3.20. The van der Waals surface area contributed by atoms with Crippen molar-refractivity contribution in [3.63, 3.8) is 0 Å². The van der Waals surface area contributed by atoms with Gasteiger partial charge in [0.15, 0.2) is 0 Å². The number of ether oxygens (including phenoxy) is 1. The molecule has 1 aliphatic rings. The van der Waals surface area contributed by atoms with E-state index in [1.807, 2.05) is 30.3 Å². The predicted octanol–water partition coefficient (Wildman–Crippen LogP) is 3.62. The zero-order chi connectivity index (χ0) is 25.0. The predicted molar refractivity (Wildman–Crippen MR) is 129 cm³/mol. The molecule has 1 saturated heterocycles. The molecule has 1 heterocycles. The maximum atomic E-state index is 13.2. The van der Waals surface area contributed by atoms with Crippen LogP contribution in [0.5, 0.6) is 5.75 Å². The molecular formula is C25H24FN3O5S. The summed E-state index contributed by atoms with van der Waals surface area (Å²) in [6.45, 7) is 0.723. The number of halogens is 1. The van der Waals surface area contributed by atoms with Crippen LogP contribution in [0.1, 0.15) is 12.0 Å². The molecule has 0 unspecified atom stereocenters. The number of sulfonamides is 1. The summed E-state index contributed by atoms with van der Waals surface area (Å²) >= 11 is 0. The second kappa shape index (κ2) is 10.1. The summed E-state index contributed by atoms with van der Waals surface area (Å²) in [5.74, 6) is -1.30. The minimum absolute atomic E-state index is 0.0961. The monoisotopic (exact) mass is 497 g/mol. The van der Waals surface area contributed by atoms with Crippen LogP contribution < -0.4 is 14.8 Å². The van der Waals surface area contributed by atoms with E-state index in [4.69, 9.17) is 4.74 Å². The number of carbonyl (C=O) groups is 2. The second-order valence-electron chi connectivity index (χ2n) is 8.12. The molecule has 1 atom stereocenters. The van der Waals surface area contributed by atoms with E-state index in [1.54, 1.807) is 11.0 Å². The van der Waals surface area contributed by atoms with Crippen LogP contribution in [0.2, 0.25) is 0 Å². The molecule has 8 nitrogen and oxygen atoms in total. The Kier molecular flexibility index (Phi) is 7.02. The van der Waals surface area contributed by atoms with Gasteiger partial charge in [0.2, 0.25) is 11.8 Å². The highest BCUT2D eigenvalue weighted by Gasteiger charge is 2.34. The molecule has 0 bridgehead atoms. The van der Waals surface area contributed by atoms with E-state index in [2.05, 4.69) is 10.0 Å². The van der Waals surface area contributed by atoms with Crippen molar-refractivity contribution >= 4 is 33.2 Å². The normalized spacial score (nSPS) is 15.7. The lowest BCUT2D eigenvalue weighted by Crippen LogP contribution is -2.28. The SMILES string of the molecule is COc1ccc(NC(=O)[C@@H]2CC(=O)N(Cc3ccccc3)C2)cc1NS(=O)(=O)c1ccc(F)cc1. The van der Waals surface area contributed by atoms with E-state index in [0.717, 1.165) is 29.8 Å². The average molecular weight is 498 g/mol. The van der Waals surface area contributed by atoms with E-state index < -0.39 is 21.8 Å². The zero-order valence-electron chi connectivity index (χ0n) is 18.9. The molecular weight excluding hydrogens is 473 g/mol. The Hall–Kier alpha value is -3.92. The molecule has 182 valence electrons. The maximum absolute atomic E-state index is 13.2. The van der Waals surface area contributed by atoms with Gasteiger partial charge in [-0.25, -0.2) is 12.8 Å². The van der Waals surface area contributed by atoms with Crippen LogP contribution in [0.15, 0.2) is 77.7 Å². The molecule has 3 aromatic rings. The quantitative estimate of drug-likeness (QED) is 0.495. The van der Waals surface area contributed by atoms with E-state index in [9.17, 15) is 22.4 Å². The summed E-state index contributed by atoms with van der Waals surface area (Å²) in [5, 5.41) is 2.76. The lowest BCUT2D eigenvalue weighted by Gasteiger charge is -2.17. The Balaban J connectivity index is 1.46. The van der Waals surface area contributed by atoms with Gasteiger partial charge in [-0.2, -0.15) is 0 Å². The molecule has 0 radical (unpaired) electrons. The van der Waals surface area contributed by atoms with Gasteiger partial charge in [0.05, 0.1) is 23.6 Å². The molecule has 2 amide bonds. The number of amides is 2. The first-order valence-corrected chi connectivity index (χ1v) is 12.3. The number of methoxy groups -OCH3 is 1. The number of nitrogens with zero attached hydrogens (tertiary/aromatic N) is 1. The number of benzene rings is 3. The third-order valence-corrected chi connectivity index (χ3v) is 7.02. The highest BCUT2D eigenvalue weighted by atomic mass is 32.2. The summed E-state index contributed by atoms with van der Waals surface area (Å²) in [4.78, 5) is 26.8. The summed E-state index contributed by atoms with van der Waals surface area (Å²) in [5.41, 5.74) is 1.42. The fourth-order valence-electron chi connectivity index (χ4n) is 3.83. The number of anilines is 2. The Morgan fingerprint density at radius 2 is 1.80 bits per heavy atom. The first kappa shape index (κ1) is 24.2. The molecule has 10 heteroatoms. The van der Waals surface area contributed by atoms with Gasteiger partial charge in [0.1, 0.15) is 11.6 Å². The largest absolute Gasteiger partial charge is 0.495 e. The van der Waals surface area contributed by atoms with Gasteiger partial charge in [-0.15, -0.1) is 0 Å². The van der Waals surface area contributed by atoms with Crippen molar-refractivity contribution in [1.29, 1.82) is 0 Å². The molecule has 4 rings (SSSR count). The second-order valence-corrected chi connectivity index (χ2v) is 9.81. The summed E-state index contributed by atoms with van der Waals surface area (Å²) in [6, 6.07) is 18.4. The minimum atomic E-state index is -4.03. The Morgan fingerprint density at radius 3 is 2.49 bits per heavy atom. The number of rotatable bonds is 8. The van der Waals surface area contributed by atoms with Gasteiger partial charge in [-0.3, -0.25) is 14.3 Å². The van der Waals surface area contributed by atoms with Gasteiger partial charge >= 0.3 is 0 Å². The third kappa shape index (κ3) is 5.78. The Bertz CT molecular complexity index is 1330. The van der Waals surface area contributed by atoms with Crippen LogP contribution in [0, 0.1) is 11.7 Å². The van der Waals surface area contributed by atoms with Crippen molar-refractivity contribution < 1.29 is 27.1 Å². The first-order chi connectivity index (χ1) is 16.7. The molecule has 1 aliphatic heterocycles. The van der Waals surface area contributed by atoms with E-state index in [0.29, 0.717) is 18.8 Å². The number of nitrogens with one attached hydrogen (secondary N) is 2. The lowest BCUT2D eigenvalue weighted by molar-refractivity contribution is -0.128. The van der Waals surface area contributed by atoms with Crippen molar-refractivity contribution in [1.82, 2.24) is 4.90 Å².